The molecule has 2 aromatic rings. The minimum absolute atomic E-state index is 0.176. The molecule has 0 amide bonds. The number of hydrogen-bond acceptors (Lipinski definition) is 3. The molecule has 1 heterocycles. The van der Waals surface area contributed by atoms with Gasteiger partial charge in [0.15, 0.2) is 0 Å². The SMILES string of the molecule is O=C(Cl)c1ccccc1-c1c(Cl)ncnc1Cl. The van der Waals surface area contributed by atoms with E-state index < -0.39 is 5.24 Å². The van der Waals surface area contributed by atoms with Crippen molar-refractivity contribution < 1.29 is 4.79 Å². The molecule has 0 aliphatic heterocycles. The maximum absolute atomic E-state index is 11.3. The monoisotopic (exact) mass is 286 g/mol. The molecule has 1 aromatic carbocycles. The van der Waals surface area contributed by atoms with E-state index in [1.54, 1.807) is 24.3 Å². The van der Waals surface area contributed by atoms with Crippen LogP contribution in [-0.2, 0) is 0 Å². The number of aromatic nitrogens is 2. The number of carbonyl (C=O) groups excluding carboxylic acids is 1. The van der Waals surface area contributed by atoms with Crippen LogP contribution in [0.2, 0.25) is 10.3 Å². The highest BCUT2D eigenvalue weighted by Gasteiger charge is 2.16. The van der Waals surface area contributed by atoms with Crippen LogP contribution < -0.4 is 0 Å². The molecule has 1 aromatic heterocycles. The first-order chi connectivity index (χ1) is 8.11. The number of rotatable bonds is 2. The zero-order chi connectivity index (χ0) is 12.4. The van der Waals surface area contributed by atoms with Gasteiger partial charge in [-0.3, -0.25) is 4.79 Å². The highest BCUT2D eigenvalue weighted by atomic mass is 35.5. The number of carbonyl (C=O) groups is 1. The standard InChI is InChI=1S/C11H5Cl3N2O/c12-9-8(10(13)16-5-15-9)6-3-1-2-4-7(6)11(14)17/h1-5H. The van der Waals surface area contributed by atoms with Crippen molar-refractivity contribution >= 4 is 40.0 Å². The molecule has 0 saturated carbocycles. The summed E-state index contributed by atoms with van der Waals surface area (Å²) in [6.45, 7) is 0. The lowest BCUT2D eigenvalue weighted by atomic mass is 10.0. The van der Waals surface area contributed by atoms with Crippen LogP contribution in [0, 0.1) is 0 Å². The third kappa shape index (κ3) is 2.41. The van der Waals surface area contributed by atoms with Crippen molar-refractivity contribution in [1.82, 2.24) is 9.97 Å². The van der Waals surface area contributed by atoms with Gasteiger partial charge in [-0.15, -0.1) is 0 Å². The Balaban J connectivity index is 2.73. The first-order valence-electron chi connectivity index (χ1n) is 4.56. The molecular weight excluding hydrogens is 282 g/mol. The van der Waals surface area contributed by atoms with E-state index in [4.69, 9.17) is 34.8 Å². The van der Waals surface area contributed by atoms with Gasteiger partial charge in [0.25, 0.3) is 5.24 Å². The molecule has 0 spiro atoms. The Labute approximate surface area is 112 Å². The van der Waals surface area contributed by atoms with E-state index in [-0.39, 0.29) is 10.3 Å². The molecule has 86 valence electrons. The topological polar surface area (TPSA) is 42.9 Å². The third-order valence-corrected chi connectivity index (χ3v) is 2.94. The van der Waals surface area contributed by atoms with E-state index >= 15 is 0 Å². The number of nitrogens with zero attached hydrogens (tertiary/aromatic N) is 2. The number of halogens is 3. The smallest absolute Gasteiger partial charge is 0.253 e. The molecule has 0 fully saturated rings. The molecule has 6 heteroatoms. The molecular formula is C11H5Cl3N2O. The molecule has 0 aliphatic carbocycles. The zero-order valence-corrected chi connectivity index (χ0v) is 10.6. The van der Waals surface area contributed by atoms with Crippen molar-refractivity contribution in [3.8, 4) is 11.1 Å². The fraction of sp³-hybridized carbons (Fsp3) is 0. The summed E-state index contributed by atoms with van der Waals surface area (Å²) in [7, 11) is 0. The van der Waals surface area contributed by atoms with E-state index in [1.807, 2.05) is 0 Å². The lowest BCUT2D eigenvalue weighted by Crippen LogP contribution is -1.96. The normalized spacial score (nSPS) is 10.3. The molecule has 0 radical (unpaired) electrons. The molecule has 0 aliphatic rings. The van der Waals surface area contributed by atoms with Gasteiger partial charge >= 0.3 is 0 Å². The summed E-state index contributed by atoms with van der Waals surface area (Å²) >= 11 is 17.4. The summed E-state index contributed by atoms with van der Waals surface area (Å²) < 4.78 is 0. The quantitative estimate of drug-likeness (QED) is 0.623. The minimum Gasteiger partial charge on any atom is -0.276 e. The minimum atomic E-state index is -0.586. The van der Waals surface area contributed by atoms with Crippen molar-refractivity contribution in [2.24, 2.45) is 0 Å². The second-order valence-electron chi connectivity index (χ2n) is 3.15. The van der Waals surface area contributed by atoms with Crippen LogP contribution in [0.5, 0.6) is 0 Å². The number of hydrogen-bond donors (Lipinski definition) is 0. The fourth-order valence-corrected chi connectivity index (χ4v) is 2.12. The van der Waals surface area contributed by atoms with E-state index in [2.05, 4.69) is 9.97 Å². The van der Waals surface area contributed by atoms with Crippen LogP contribution in [0.3, 0.4) is 0 Å². The van der Waals surface area contributed by atoms with Crippen LogP contribution in [0.1, 0.15) is 10.4 Å². The molecule has 0 saturated heterocycles. The maximum atomic E-state index is 11.3. The van der Waals surface area contributed by atoms with E-state index in [0.29, 0.717) is 16.7 Å². The molecule has 0 N–H and O–H groups in total. The Morgan fingerprint density at radius 3 is 2.24 bits per heavy atom. The molecule has 0 bridgehead atoms. The molecule has 2 rings (SSSR count). The van der Waals surface area contributed by atoms with Crippen LogP contribution in [0.25, 0.3) is 11.1 Å². The second-order valence-corrected chi connectivity index (χ2v) is 4.21. The Hall–Kier alpha value is -1.16. The summed E-state index contributed by atoms with van der Waals surface area (Å²) in [5.74, 6) is 0. The lowest BCUT2D eigenvalue weighted by Gasteiger charge is -2.08. The molecule has 0 unspecified atom stereocenters. The van der Waals surface area contributed by atoms with Crippen molar-refractivity contribution in [1.29, 1.82) is 0 Å². The van der Waals surface area contributed by atoms with Gasteiger partial charge in [-0.05, 0) is 23.2 Å². The van der Waals surface area contributed by atoms with Gasteiger partial charge in [0.2, 0.25) is 0 Å². The predicted molar refractivity (Wildman–Crippen MR) is 67.7 cm³/mol. The summed E-state index contributed by atoms with van der Waals surface area (Å²) in [6, 6.07) is 6.72. The van der Waals surface area contributed by atoms with Crippen LogP contribution >= 0.6 is 34.8 Å². The summed E-state index contributed by atoms with van der Waals surface area (Å²) in [6.07, 6.45) is 1.25. The molecule has 0 atom stereocenters. The highest BCUT2D eigenvalue weighted by Crippen LogP contribution is 2.34. The Bertz CT molecular complexity index is 566. The average molecular weight is 288 g/mol. The van der Waals surface area contributed by atoms with Crippen molar-refractivity contribution in [2.45, 2.75) is 0 Å². The molecule has 17 heavy (non-hydrogen) atoms. The van der Waals surface area contributed by atoms with Gasteiger partial charge in [-0.2, -0.15) is 0 Å². The largest absolute Gasteiger partial charge is 0.276 e. The Morgan fingerprint density at radius 1 is 1.06 bits per heavy atom. The van der Waals surface area contributed by atoms with Crippen LogP contribution in [0.15, 0.2) is 30.6 Å². The van der Waals surface area contributed by atoms with E-state index in [9.17, 15) is 4.79 Å². The van der Waals surface area contributed by atoms with Crippen molar-refractivity contribution in [2.75, 3.05) is 0 Å². The number of benzene rings is 1. The van der Waals surface area contributed by atoms with Gasteiger partial charge in [0.1, 0.15) is 16.6 Å². The van der Waals surface area contributed by atoms with Gasteiger partial charge in [-0.25, -0.2) is 9.97 Å². The molecule has 3 nitrogen and oxygen atoms in total. The Morgan fingerprint density at radius 2 is 1.65 bits per heavy atom. The lowest BCUT2D eigenvalue weighted by molar-refractivity contribution is 0.108. The fourth-order valence-electron chi connectivity index (χ4n) is 1.44. The van der Waals surface area contributed by atoms with E-state index in [0.717, 1.165) is 0 Å². The maximum Gasteiger partial charge on any atom is 0.253 e. The Kier molecular flexibility index (Phi) is 3.62. The summed E-state index contributed by atoms with van der Waals surface area (Å²) in [5.41, 5.74) is 1.23. The summed E-state index contributed by atoms with van der Waals surface area (Å²) in [4.78, 5) is 19.0. The summed E-state index contributed by atoms with van der Waals surface area (Å²) in [5, 5.41) is -0.234. The first kappa shape index (κ1) is 12.3. The van der Waals surface area contributed by atoms with Gasteiger partial charge < -0.3 is 0 Å². The average Bonchev–Trinajstić information content (AvgIpc) is 2.29. The van der Waals surface area contributed by atoms with Crippen molar-refractivity contribution in [3.05, 3.63) is 46.5 Å². The zero-order valence-electron chi connectivity index (χ0n) is 8.32. The van der Waals surface area contributed by atoms with Gasteiger partial charge in [-0.1, -0.05) is 41.4 Å². The van der Waals surface area contributed by atoms with Crippen molar-refractivity contribution in [3.63, 3.8) is 0 Å². The third-order valence-electron chi connectivity index (χ3n) is 2.16. The van der Waals surface area contributed by atoms with Crippen LogP contribution in [0.4, 0.5) is 0 Å². The predicted octanol–water partition coefficient (Wildman–Crippen LogP) is 3.83. The second kappa shape index (κ2) is 5.00. The highest BCUT2D eigenvalue weighted by molar-refractivity contribution is 6.68. The van der Waals surface area contributed by atoms with E-state index in [1.165, 1.54) is 6.33 Å². The first-order valence-corrected chi connectivity index (χ1v) is 5.70. The van der Waals surface area contributed by atoms with Gasteiger partial charge in [0.05, 0.1) is 5.56 Å². The van der Waals surface area contributed by atoms with Gasteiger partial charge in [0, 0.05) is 5.56 Å². The van der Waals surface area contributed by atoms with Crippen LogP contribution in [-0.4, -0.2) is 15.2 Å².